The molecule has 1 heterocycles. The molecule has 0 aromatic heterocycles. The summed E-state index contributed by atoms with van der Waals surface area (Å²) in [7, 11) is 0. The lowest BCUT2D eigenvalue weighted by molar-refractivity contribution is -0.384. The number of nitrogens with zero attached hydrogens (tertiary/aromatic N) is 2. The predicted molar refractivity (Wildman–Crippen MR) is 97.6 cm³/mol. The largest absolute Gasteiger partial charge is 0.444 e. The molecule has 0 atom stereocenters. The minimum absolute atomic E-state index is 0.00497. The molecule has 0 spiro atoms. The summed E-state index contributed by atoms with van der Waals surface area (Å²) in [5.41, 5.74) is -0.327. The summed E-state index contributed by atoms with van der Waals surface area (Å²) >= 11 is 11.8. The van der Waals surface area contributed by atoms with Crippen molar-refractivity contribution < 1.29 is 14.5 Å². The second-order valence-corrected chi connectivity index (χ2v) is 7.74. The second-order valence-electron chi connectivity index (χ2n) is 6.93. The van der Waals surface area contributed by atoms with E-state index in [0.717, 1.165) is 0 Å². The highest BCUT2D eigenvalue weighted by atomic mass is 35.5. The van der Waals surface area contributed by atoms with Crippen LogP contribution in [0.25, 0.3) is 0 Å². The van der Waals surface area contributed by atoms with Gasteiger partial charge in [0, 0.05) is 25.2 Å². The van der Waals surface area contributed by atoms with Crippen LogP contribution in [0.1, 0.15) is 33.6 Å². The van der Waals surface area contributed by atoms with Gasteiger partial charge < -0.3 is 15.0 Å². The van der Waals surface area contributed by atoms with Crippen LogP contribution in [0.2, 0.25) is 10.0 Å². The number of nitro benzene ring substituents is 1. The number of halogens is 2. The number of piperidine rings is 1. The third kappa shape index (κ3) is 5.37. The van der Waals surface area contributed by atoms with E-state index in [1.807, 2.05) is 20.8 Å². The Morgan fingerprint density at radius 3 is 2.36 bits per heavy atom. The van der Waals surface area contributed by atoms with Gasteiger partial charge in [0.2, 0.25) is 0 Å². The van der Waals surface area contributed by atoms with Gasteiger partial charge in [0.1, 0.15) is 11.3 Å². The number of nitrogens with one attached hydrogen (secondary N) is 1. The SMILES string of the molecule is CC(C)(C)OC(=O)N1CCC(Nc2cc(Cl)c(Cl)cc2[N+](=O)[O-])CC1. The van der Waals surface area contributed by atoms with Crippen LogP contribution in [-0.2, 0) is 4.74 Å². The van der Waals surface area contributed by atoms with Crippen molar-refractivity contribution in [1.82, 2.24) is 4.90 Å². The summed E-state index contributed by atoms with van der Waals surface area (Å²) in [6.07, 6.45) is 0.958. The van der Waals surface area contributed by atoms with Gasteiger partial charge in [-0.1, -0.05) is 23.2 Å². The lowest BCUT2D eigenvalue weighted by Gasteiger charge is -2.34. The van der Waals surface area contributed by atoms with E-state index in [1.54, 1.807) is 4.90 Å². The Bertz CT molecular complexity index is 668. The number of anilines is 1. The van der Waals surface area contributed by atoms with E-state index < -0.39 is 10.5 Å². The molecular formula is C16H21Cl2N3O4. The van der Waals surface area contributed by atoms with Gasteiger partial charge in [-0.3, -0.25) is 10.1 Å². The highest BCUT2D eigenvalue weighted by molar-refractivity contribution is 6.42. The van der Waals surface area contributed by atoms with Crippen molar-refractivity contribution in [2.45, 2.75) is 45.3 Å². The minimum Gasteiger partial charge on any atom is -0.444 e. The molecule has 7 nitrogen and oxygen atoms in total. The van der Waals surface area contributed by atoms with E-state index in [9.17, 15) is 14.9 Å². The van der Waals surface area contributed by atoms with Crippen molar-refractivity contribution in [1.29, 1.82) is 0 Å². The van der Waals surface area contributed by atoms with E-state index >= 15 is 0 Å². The summed E-state index contributed by atoms with van der Waals surface area (Å²) in [5, 5.41) is 14.7. The first kappa shape index (κ1) is 19.6. The molecule has 1 aliphatic rings. The van der Waals surface area contributed by atoms with Crippen molar-refractivity contribution in [2.24, 2.45) is 0 Å². The molecule has 1 saturated heterocycles. The second kappa shape index (κ2) is 7.66. The van der Waals surface area contributed by atoms with Crippen molar-refractivity contribution >= 4 is 40.7 Å². The van der Waals surface area contributed by atoms with E-state index in [0.29, 0.717) is 31.6 Å². The molecule has 0 radical (unpaired) electrons. The third-order valence-corrected chi connectivity index (χ3v) is 4.46. The molecule has 1 N–H and O–H groups in total. The number of ether oxygens (including phenoxy) is 1. The molecule has 0 aliphatic carbocycles. The van der Waals surface area contributed by atoms with Crippen LogP contribution in [0.15, 0.2) is 12.1 Å². The molecule has 1 aliphatic heterocycles. The van der Waals surface area contributed by atoms with Gasteiger partial charge >= 0.3 is 6.09 Å². The Labute approximate surface area is 156 Å². The molecule has 9 heteroatoms. The number of benzene rings is 1. The molecule has 0 saturated carbocycles. The smallest absolute Gasteiger partial charge is 0.410 e. The zero-order valence-electron chi connectivity index (χ0n) is 14.3. The lowest BCUT2D eigenvalue weighted by atomic mass is 10.0. The van der Waals surface area contributed by atoms with Gasteiger partial charge in [-0.15, -0.1) is 0 Å². The van der Waals surface area contributed by atoms with Crippen molar-refractivity contribution in [3.63, 3.8) is 0 Å². The average Bonchev–Trinajstić information content (AvgIpc) is 2.49. The van der Waals surface area contributed by atoms with Gasteiger partial charge in [0.15, 0.2) is 0 Å². The highest BCUT2D eigenvalue weighted by Crippen LogP contribution is 2.35. The maximum Gasteiger partial charge on any atom is 0.410 e. The van der Waals surface area contributed by atoms with Gasteiger partial charge in [0.25, 0.3) is 5.69 Å². The Hall–Kier alpha value is -1.73. The molecule has 0 unspecified atom stereocenters. The lowest BCUT2D eigenvalue weighted by Crippen LogP contribution is -2.44. The molecule has 1 amide bonds. The van der Waals surface area contributed by atoms with Crippen molar-refractivity contribution in [3.8, 4) is 0 Å². The van der Waals surface area contributed by atoms with Gasteiger partial charge in [-0.25, -0.2) is 4.79 Å². The van der Waals surface area contributed by atoms with Gasteiger partial charge in [0.05, 0.1) is 15.0 Å². The zero-order chi connectivity index (χ0) is 18.8. The van der Waals surface area contributed by atoms with Crippen molar-refractivity contribution in [2.75, 3.05) is 18.4 Å². The quantitative estimate of drug-likeness (QED) is 0.597. The van der Waals surface area contributed by atoms with E-state index in [1.165, 1.54) is 12.1 Å². The molecule has 1 fully saturated rings. The number of carbonyl (C=O) groups is 1. The summed E-state index contributed by atoms with van der Waals surface area (Å²) in [5.74, 6) is 0. The van der Waals surface area contributed by atoms with Crippen LogP contribution >= 0.6 is 23.2 Å². The number of rotatable bonds is 3. The molecule has 138 valence electrons. The standard InChI is InChI=1S/C16H21Cl2N3O4/c1-16(2,3)25-15(22)20-6-4-10(5-7-20)19-13-8-11(17)12(18)9-14(13)21(23)24/h8-10,19H,4-7H2,1-3H3. The Morgan fingerprint density at radius 2 is 1.84 bits per heavy atom. The predicted octanol–water partition coefficient (Wildman–Crippen LogP) is 4.71. The van der Waals surface area contributed by atoms with Crippen LogP contribution in [0, 0.1) is 10.1 Å². The fourth-order valence-electron chi connectivity index (χ4n) is 2.56. The number of amides is 1. The summed E-state index contributed by atoms with van der Waals surface area (Å²) in [6, 6.07) is 2.69. The molecule has 2 rings (SSSR count). The number of hydrogen-bond acceptors (Lipinski definition) is 5. The fourth-order valence-corrected chi connectivity index (χ4v) is 2.88. The Balaban J connectivity index is 2.00. The van der Waals surface area contributed by atoms with Crippen LogP contribution < -0.4 is 5.32 Å². The summed E-state index contributed by atoms with van der Waals surface area (Å²) in [6.45, 7) is 6.50. The average molecular weight is 390 g/mol. The topological polar surface area (TPSA) is 84.7 Å². The van der Waals surface area contributed by atoms with Crippen LogP contribution in [0.3, 0.4) is 0 Å². The normalized spacial score (nSPS) is 15.8. The van der Waals surface area contributed by atoms with E-state index in [-0.39, 0.29) is 27.9 Å². The molecule has 1 aromatic carbocycles. The zero-order valence-corrected chi connectivity index (χ0v) is 15.9. The molecule has 0 bridgehead atoms. The number of nitro groups is 1. The molecule has 25 heavy (non-hydrogen) atoms. The number of carbonyl (C=O) groups excluding carboxylic acids is 1. The van der Waals surface area contributed by atoms with Gasteiger partial charge in [-0.2, -0.15) is 0 Å². The fraction of sp³-hybridized carbons (Fsp3) is 0.562. The summed E-state index contributed by atoms with van der Waals surface area (Å²) in [4.78, 5) is 24.4. The van der Waals surface area contributed by atoms with Gasteiger partial charge in [-0.05, 0) is 39.7 Å². The number of hydrogen-bond donors (Lipinski definition) is 1. The minimum atomic E-state index is -0.535. The van der Waals surface area contributed by atoms with Crippen LogP contribution in [0.5, 0.6) is 0 Å². The Kier molecular flexibility index (Phi) is 6.00. The Morgan fingerprint density at radius 1 is 1.28 bits per heavy atom. The van der Waals surface area contributed by atoms with Crippen LogP contribution in [-0.4, -0.2) is 40.6 Å². The molecule has 1 aromatic rings. The maximum absolute atomic E-state index is 12.1. The highest BCUT2D eigenvalue weighted by Gasteiger charge is 2.28. The summed E-state index contributed by atoms with van der Waals surface area (Å²) < 4.78 is 5.36. The van der Waals surface area contributed by atoms with E-state index in [4.69, 9.17) is 27.9 Å². The third-order valence-electron chi connectivity index (χ3n) is 3.74. The first-order chi connectivity index (χ1) is 11.6. The monoisotopic (exact) mass is 389 g/mol. The number of likely N-dealkylation sites (tertiary alicyclic amines) is 1. The molecular weight excluding hydrogens is 369 g/mol. The van der Waals surface area contributed by atoms with Crippen LogP contribution in [0.4, 0.5) is 16.2 Å². The van der Waals surface area contributed by atoms with Crippen molar-refractivity contribution in [3.05, 3.63) is 32.3 Å². The van der Waals surface area contributed by atoms with E-state index in [2.05, 4.69) is 5.32 Å². The first-order valence-electron chi connectivity index (χ1n) is 7.95. The first-order valence-corrected chi connectivity index (χ1v) is 8.70. The maximum atomic E-state index is 12.1.